The topological polar surface area (TPSA) is 20.2 Å². The van der Waals surface area contributed by atoms with Crippen molar-refractivity contribution in [3.05, 3.63) is 27.8 Å². The molecule has 1 rings (SSSR count). The Hall–Kier alpha value is -0.980. The Morgan fingerprint density at radius 2 is 1.17 bits per heavy atom. The van der Waals surface area contributed by atoms with Gasteiger partial charge in [-0.15, -0.1) is 0 Å². The van der Waals surface area contributed by atoms with Crippen LogP contribution in [0.4, 0.5) is 0 Å². The zero-order valence-corrected chi connectivity index (χ0v) is 16.2. The largest absolute Gasteiger partial charge is 0.507 e. The molecule has 0 saturated carbocycles. The number of phenolic OH excluding ortho intramolecular Hbond substituents is 1. The number of phenols is 1. The van der Waals surface area contributed by atoms with Crippen LogP contribution in [0.15, 0.2) is 0 Å². The maximum absolute atomic E-state index is 11.0. The number of aromatic hydroxyl groups is 1. The fraction of sp³-hybridized carbons (Fsp3) is 0.727. The fourth-order valence-electron chi connectivity index (χ4n) is 3.86. The molecule has 0 radical (unpaired) electrons. The lowest BCUT2D eigenvalue weighted by Gasteiger charge is -2.22. The molecular formula is C22H38O. The normalized spacial score (nSPS) is 11.2. The van der Waals surface area contributed by atoms with Gasteiger partial charge in [-0.25, -0.2) is 0 Å². The van der Waals surface area contributed by atoms with Crippen molar-refractivity contribution < 1.29 is 5.11 Å². The first-order chi connectivity index (χ1) is 11.1. The van der Waals surface area contributed by atoms with Gasteiger partial charge >= 0.3 is 0 Å². The van der Waals surface area contributed by atoms with E-state index in [1.54, 1.807) is 0 Å². The van der Waals surface area contributed by atoms with Crippen molar-refractivity contribution in [2.24, 2.45) is 0 Å². The summed E-state index contributed by atoms with van der Waals surface area (Å²) in [7, 11) is 0. The molecule has 0 heterocycles. The van der Waals surface area contributed by atoms with Crippen molar-refractivity contribution in [1.29, 1.82) is 0 Å². The van der Waals surface area contributed by atoms with Crippen molar-refractivity contribution in [3.63, 3.8) is 0 Å². The minimum Gasteiger partial charge on any atom is -0.507 e. The molecule has 0 spiro atoms. The van der Waals surface area contributed by atoms with E-state index in [4.69, 9.17) is 0 Å². The Balaban J connectivity index is 3.12. The van der Waals surface area contributed by atoms with Crippen LogP contribution in [0.2, 0.25) is 0 Å². The predicted octanol–water partition coefficient (Wildman–Crippen LogP) is 6.68. The first kappa shape index (κ1) is 20.1. The molecule has 0 aromatic heterocycles. The van der Waals surface area contributed by atoms with Gasteiger partial charge in [-0.3, -0.25) is 0 Å². The van der Waals surface area contributed by atoms with E-state index in [1.165, 1.54) is 59.9 Å². The average molecular weight is 319 g/mol. The van der Waals surface area contributed by atoms with Gasteiger partial charge in [0.05, 0.1) is 0 Å². The average Bonchev–Trinajstić information content (AvgIpc) is 2.55. The van der Waals surface area contributed by atoms with Crippen molar-refractivity contribution in [2.75, 3.05) is 0 Å². The minimum absolute atomic E-state index is 0.633. The molecule has 0 aliphatic carbocycles. The minimum atomic E-state index is 0.633. The molecule has 1 heteroatoms. The second-order valence-corrected chi connectivity index (χ2v) is 6.91. The summed E-state index contributed by atoms with van der Waals surface area (Å²) in [4.78, 5) is 0. The highest BCUT2D eigenvalue weighted by Gasteiger charge is 2.19. The molecular weight excluding hydrogens is 280 g/mol. The van der Waals surface area contributed by atoms with Crippen molar-refractivity contribution in [2.45, 2.75) is 105 Å². The molecule has 0 aliphatic heterocycles. The highest BCUT2D eigenvalue weighted by molar-refractivity contribution is 5.55. The lowest BCUT2D eigenvalue weighted by Crippen LogP contribution is -2.07. The Kier molecular flexibility index (Phi) is 9.36. The van der Waals surface area contributed by atoms with Crippen molar-refractivity contribution >= 4 is 0 Å². The first-order valence-electron chi connectivity index (χ1n) is 9.97. The molecule has 0 unspecified atom stereocenters. The molecule has 1 nitrogen and oxygen atoms in total. The van der Waals surface area contributed by atoms with Crippen LogP contribution >= 0.6 is 0 Å². The van der Waals surface area contributed by atoms with Crippen LogP contribution in [0.25, 0.3) is 0 Å². The quantitative estimate of drug-likeness (QED) is 0.451. The summed E-state index contributed by atoms with van der Waals surface area (Å²) >= 11 is 0. The van der Waals surface area contributed by atoms with Gasteiger partial charge < -0.3 is 5.11 Å². The van der Waals surface area contributed by atoms with Gasteiger partial charge in [0.15, 0.2) is 0 Å². The Bertz CT molecular complexity index is 474. The standard InChI is InChI=1S/C22H38O/c1-6-10-11-12-13-16-21-18(9-4)17(5)19(14-7-2)20(15-8-3)22(21)23/h23H,6-16H2,1-5H3. The summed E-state index contributed by atoms with van der Waals surface area (Å²) < 4.78 is 0. The molecule has 0 fully saturated rings. The molecule has 23 heavy (non-hydrogen) atoms. The van der Waals surface area contributed by atoms with Crippen LogP contribution in [-0.2, 0) is 25.7 Å². The van der Waals surface area contributed by atoms with Crippen LogP contribution < -0.4 is 0 Å². The monoisotopic (exact) mass is 318 g/mol. The lowest BCUT2D eigenvalue weighted by molar-refractivity contribution is 0.455. The van der Waals surface area contributed by atoms with Gasteiger partial charge in [-0.1, -0.05) is 66.2 Å². The molecule has 0 atom stereocenters. The third-order valence-corrected chi connectivity index (χ3v) is 5.09. The maximum Gasteiger partial charge on any atom is 0.122 e. The van der Waals surface area contributed by atoms with E-state index in [-0.39, 0.29) is 0 Å². The van der Waals surface area contributed by atoms with E-state index < -0.39 is 0 Å². The lowest BCUT2D eigenvalue weighted by atomic mass is 9.84. The van der Waals surface area contributed by atoms with Gasteiger partial charge in [-0.2, -0.15) is 0 Å². The van der Waals surface area contributed by atoms with Gasteiger partial charge in [0.2, 0.25) is 0 Å². The second-order valence-electron chi connectivity index (χ2n) is 6.91. The number of hydrogen-bond acceptors (Lipinski definition) is 1. The Morgan fingerprint density at radius 1 is 0.609 bits per heavy atom. The fourth-order valence-corrected chi connectivity index (χ4v) is 3.86. The van der Waals surface area contributed by atoms with Gasteiger partial charge in [0.1, 0.15) is 5.75 Å². The zero-order chi connectivity index (χ0) is 17.2. The first-order valence-corrected chi connectivity index (χ1v) is 9.97. The van der Waals surface area contributed by atoms with E-state index in [2.05, 4.69) is 34.6 Å². The number of unbranched alkanes of at least 4 members (excludes halogenated alkanes) is 4. The smallest absolute Gasteiger partial charge is 0.122 e. The zero-order valence-electron chi connectivity index (χ0n) is 16.2. The molecule has 0 aliphatic rings. The summed E-state index contributed by atoms with van der Waals surface area (Å²) in [5.74, 6) is 0.633. The predicted molar refractivity (Wildman–Crippen MR) is 103 cm³/mol. The Morgan fingerprint density at radius 3 is 1.74 bits per heavy atom. The molecule has 1 aromatic rings. The third kappa shape index (κ3) is 5.26. The molecule has 1 N–H and O–H groups in total. The molecule has 0 amide bonds. The van der Waals surface area contributed by atoms with Crippen molar-refractivity contribution in [3.8, 4) is 5.75 Å². The number of rotatable bonds is 11. The molecule has 0 bridgehead atoms. The summed E-state index contributed by atoms with van der Waals surface area (Å²) in [6.07, 6.45) is 12.9. The van der Waals surface area contributed by atoms with E-state index >= 15 is 0 Å². The van der Waals surface area contributed by atoms with Gasteiger partial charge in [-0.05, 0) is 66.8 Å². The summed E-state index contributed by atoms with van der Waals surface area (Å²) in [5.41, 5.74) is 6.80. The third-order valence-electron chi connectivity index (χ3n) is 5.09. The molecule has 1 aromatic carbocycles. The van der Waals surface area contributed by atoms with E-state index in [9.17, 15) is 5.11 Å². The van der Waals surface area contributed by atoms with E-state index in [1.807, 2.05) is 0 Å². The summed E-state index contributed by atoms with van der Waals surface area (Å²) in [5, 5.41) is 11.0. The number of benzene rings is 1. The Labute approximate surface area is 144 Å². The molecule has 0 saturated heterocycles. The van der Waals surface area contributed by atoms with Crippen molar-refractivity contribution in [1.82, 2.24) is 0 Å². The number of hydrogen-bond donors (Lipinski definition) is 1. The highest BCUT2D eigenvalue weighted by atomic mass is 16.3. The molecule has 132 valence electrons. The van der Waals surface area contributed by atoms with Crippen LogP contribution in [0.5, 0.6) is 5.75 Å². The van der Waals surface area contributed by atoms with Gasteiger partial charge in [0.25, 0.3) is 0 Å². The van der Waals surface area contributed by atoms with Crippen LogP contribution in [0.3, 0.4) is 0 Å². The van der Waals surface area contributed by atoms with Crippen LogP contribution in [0, 0.1) is 6.92 Å². The van der Waals surface area contributed by atoms with E-state index in [0.29, 0.717) is 5.75 Å². The summed E-state index contributed by atoms with van der Waals surface area (Å²) in [6, 6.07) is 0. The van der Waals surface area contributed by atoms with Gasteiger partial charge in [0, 0.05) is 0 Å². The van der Waals surface area contributed by atoms with Crippen LogP contribution in [-0.4, -0.2) is 5.11 Å². The second kappa shape index (κ2) is 10.7. The summed E-state index contributed by atoms with van der Waals surface area (Å²) in [6.45, 7) is 11.2. The van der Waals surface area contributed by atoms with E-state index in [0.717, 1.165) is 38.5 Å². The maximum atomic E-state index is 11.0. The SMILES string of the molecule is CCCCCCCc1c(O)c(CCC)c(CCC)c(C)c1CC. The van der Waals surface area contributed by atoms with Crippen LogP contribution in [0.1, 0.15) is 100 Å². The highest BCUT2D eigenvalue weighted by Crippen LogP contribution is 2.36.